The summed E-state index contributed by atoms with van der Waals surface area (Å²) in [5.74, 6) is 0.338. The van der Waals surface area contributed by atoms with Gasteiger partial charge in [-0.25, -0.2) is 0 Å². The number of nitrogens with one attached hydrogen (secondary N) is 2. The molecule has 0 aliphatic carbocycles. The average Bonchev–Trinajstić information content (AvgIpc) is 2.91. The van der Waals surface area contributed by atoms with Gasteiger partial charge < -0.3 is 5.32 Å². The Bertz CT molecular complexity index is 804. The molecule has 0 saturated carbocycles. The molecule has 5 nitrogen and oxygen atoms in total. The van der Waals surface area contributed by atoms with Gasteiger partial charge >= 0.3 is 0 Å². The third kappa shape index (κ3) is 3.00. The highest BCUT2D eigenvalue weighted by Crippen LogP contribution is 2.20. The Balaban J connectivity index is 1.90. The van der Waals surface area contributed by atoms with Gasteiger partial charge in [-0.2, -0.15) is 0 Å². The first kappa shape index (κ1) is 13.5. The molecule has 3 aromatic rings. The summed E-state index contributed by atoms with van der Waals surface area (Å²) in [6.07, 6.45) is 0. The highest BCUT2D eigenvalue weighted by molar-refractivity contribution is 7.13. The van der Waals surface area contributed by atoms with Gasteiger partial charge in [-0.3, -0.25) is 9.78 Å². The molecule has 0 atom stereocenters. The van der Waals surface area contributed by atoms with E-state index in [0.717, 1.165) is 21.7 Å². The second-order valence-corrected chi connectivity index (χ2v) is 5.78. The van der Waals surface area contributed by atoms with Crippen LogP contribution in [0.15, 0.2) is 40.5 Å². The van der Waals surface area contributed by atoms with E-state index in [1.54, 1.807) is 0 Å². The van der Waals surface area contributed by atoms with Crippen LogP contribution < -0.4 is 10.9 Å². The zero-order valence-corrected chi connectivity index (χ0v) is 12.5. The van der Waals surface area contributed by atoms with Gasteiger partial charge in [0.1, 0.15) is 0 Å². The first-order valence-electron chi connectivity index (χ1n) is 6.48. The number of hydrogen-bond donors (Lipinski definition) is 2. The highest BCUT2D eigenvalue weighted by Gasteiger charge is 2.08. The molecule has 2 heterocycles. The smallest absolute Gasteiger partial charge is 0.280 e. The van der Waals surface area contributed by atoms with E-state index in [0.29, 0.717) is 11.6 Å². The standard InChI is InChI=1S/C15H14N4OS/c1-9-6-10(2)8-11(7-9)16-15-17-14(20)13(18-19-15)12-4-3-5-21-12/h3-8H,1-2H3,(H2,16,17,19,20). The van der Waals surface area contributed by atoms with Gasteiger partial charge in [0.25, 0.3) is 5.56 Å². The van der Waals surface area contributed by atoms with Gasteiger partial charge in [0.05, 0.1) is 4.88 Å². The lowest BCUT2D eigenvalue weighted by molar-refractivity contribution is 0.964. The number of rotatable bonds is 3. The number of hydrogen-bond acceptors (Lipinski definition) is 5. The average molecular weight is 298 g/mol. The van der Waals surface area contributed by atoms with Crippen molar-refractivity contribution in [3.05, 3.63) is 57.2 Å². The molecule has 0 amide bonds. The Morgan fingerprint density at radius 1 is 1.14 bits per heavy atom. The number of aryl methyl sites for hydroxylation is 2. The number of H-pyrrole nitrogens is 1. The highest BCUT2D eigenvalue weighted by atomic mass is 32.1. The van der Waals surface area contributed by atoms with Gasteiger partial charge in [-0.1, -0.05) is 12.1 Å². The first-order chi connectivity index (χ1) is 10.1. The monoisotopic (exact) mass is 298 g/mol. The Labute approximate surface area is 125 Å². The molecule has 2 aromatic heterocycles. The molecular formula is C15H14N4OS. The molecule has 0 saturated heterocycles. The van der Waals surface area contributed by atoms with E-state index in [1.807, 2.05) is 43.5 Å². The molecule has 0 spiro atoms. The van der Waals surface area contributed by atoms with E-state index >= 15 is 0 Å². The first-order valence-corrected chi connectivity index (χ1v) is 7.36. The van der Waals surface area contributed by atoms with E-state index < -0.39 is 0 Å². The normalized spacial score (nSPS) is 10.6. The van der Waals surface area contributed by atoms with Crippen molar-refractivity contribution in [2.24, 2.45) is 0 Å². The number of aromatic amines is 1. The lowest BCUT2D eigenvalue weighted by Gasteiger charge is -2.07. The molecule has 0 bridgehead atoms. The summed E-state index contributed by atoms with van der Waals surface area (Å²) in [6, 6.07) is 9.78. The quantitative estimate of drug-likeness (QED) is 0.778. The summed E-state index contributed by atoms with van der Waals surface area (Å²) in [5, 5.41) is 13.0. The van der Waals surface area contributed by atoms with Gasteiger partial charge in [-0.15, -0.1) is 21.5 Å². The minimum absolute atomic E-state index is 0.251. The number of benzene rings is 1. The van der Waals surface area contributed by atoms with Crippen LogP contribution >= 0.6 is 11.3 Å². The summed E-state index contributed by atoms with van der Waals surface area (Å²) in [7, 11) is 0. The SMILES string of the molecule is Cc1cc(C)cc(Nc2nnc(-c3cccs3)c(=O)[nH]2)c1. The van der Waals surface area contributed by atoms with E-state index in [4.69, 9.17) is 0 Å². The van der Waals surface area contributed by atoms with Gasteiger partial charge in [-0.05, 0) is 48.6 Å². The fourth-order valence-corrected chi connectivity index (χ4v) is 2.86. The Morgan fingerprint density at radius 2 is 1.90 bits per heavy atom. The van der Waals surface area contributed by atoms with Crippen molar-refractivity contribution in [2.45, 2.75) is 13.8 Å². The molecule has 0 radical (unpaired) electrons. The van der Waals surface area contributed by atoms with Crippen LogP contribution in [-0.4, -0.2) is 15.2 Å². The summed E-state index contributed by atoms with van der Waals surface area (Å²) in [6.45, 7) is 4.04. The lowest BCUT2D eigenvalue weighted by Crippen LogP contribution is -2.15. The zero-order chi connectivity index (χ0) is 14.8. The summed E-state index contributed by atoms with van der Waals surface area (Å²) >= 11 is 1.46. The second-order valence-electron chi connectivity index (χ2n) is 4.83. The van der Waals surface area contributed by atoms with Crippen molar-refractivity contribution in [2.75, 3.05) is 5.32 Å². The minimum Gasteiger partial charge on any atom is -0.324 e. The second kappa shape index (κ2) is 5.49. The molecule has 106 valence electrons. The van der Waals surface area contributed by atoms with Crippen LogP contribution in [0.3, 0.4) is 0 Å². The van der Waals surface area contributed by atoms with Crippen LogP contribution in [0, 0.1) is 13.8 Å². The zero-order valence-electron chi connectivity index (χ0n) is 11.7. The van der Waals surface area contributed by atoms with Crippen LogP contribution in [-0.2, 0) is 0 Å². The summed E-state index contributed by atoms with van der Waals surface area (Å²) < 4.78 is 0. The van der Waals surface area contributed by atoms with Crippen LogP contribution in [0.2, 0.25) is 0 Å². The van der Waals surface area contributed by atoms with Crippen molar-refractivity contribution in [3.8, 4) is 10.6 Å². The van der Waals surface area contributed by atoms with Gasteiger partial charge in [0.15, 0.2) is 5.69 Å². The Morgan fingerprint density at radius 3 is 2.52 bits per heavy atom. The minimum atomic E-state index is -0.251. The Hall–Kier alpha value is -2.47. The maximum absolute atomic E-state index is 12.1. The molecule has 21 heavy (non-hydrogen) atoms. The van der Waals surface area contributed by atoms with Crippen molar-refractivity contribution < 1.29 is 0 Å². The van der Waals surface area contributed by atoms with Crippen molar-refractivity contribution in [3.63, 3.8) is 0 Å². The van der Waals surface area contributed by atoms with Crippen LogP contribution in [0.25, 0.3) is 10.6 Å². The largest absolute Gasteiger partial charge is 0.324 e. The molecule has 0 aliphatic heterocycles. The van der Waals surface area contributed by atoms with Gasteiger partial charge in [0.2, 0.25) is 5.95 Å². The van der Waals surface area contributed by atoms with E-state index in [2.05, 4.69) is 26.6 Å². The topological polar surface area (TPSA) is 70.7 Å². The fourth-order valence-electron chi connectivity index (χ4n) is 2.15. The van der Waals surface area contributed by atoms with Crippen molar-refractivity contribution in [1.82, 2.24) is 15.2 Å². The van der Waals surface area contributed by atoms with E-state index in [-0.39, 0.29) is 5.56 Å². The number of aromatic nitrogens is 3. The van der Waals surface area contributed by atoms with Crippen LogP contribution in [0.1, 0.15) is 11.1 Å². The molecule has 0 unspecified atom stereocenters. The molecule has 1 aromatic carbocycles. The summed E-state index contributed by atoms with van der Waals surface area (Å²) in [4.78, 5) is 15.6. The lowest BCUT2D eigenvalue weighted by atomic mass is 10.1. The number of thiophene rings is 1. The third-order valence-electron chi connectivity index (χ3n) is 2.94. The van der Waals surface area contributed by atoms with Crippen molar-refractivity contribution >= 4 is 23.0 Å². The molecule has 3 rings (SSSR count). The maximum atomic E-state index is 12.1. The maximum Gasteiger partial charge on any atom is 0.280 e. The molecule has 6 heteroatoms. The van der Waals surface area contributed by atoms with Crippen LogP contribution in [0.4, 0.5) is 11.6 Å². The molecule has 2 N–H and O–H groups in total. The third-order valence-corrected chi connectivity index (χ3v) is 3.81. The van der Waals surface area contributed by atoms with Crippen molar-refractivity contribution in [1.29, 1.82) is 0 Å². The predicted molar refractivity (Wildman–Crippen MR) is 85.2 cm³/mol. The number of anilines is 2. The van der Waals surface area contributed by atoms with Crippen LogP contribution in [0.5, 0.6) is 0 Å². The van der Waals surface area contributed by atoms with E-state index in [1.165, 1.54) is 11.3 Å². The Kier molecular flexibility index (Phi) is 3.53. The van der Waals surface area contributed by atoms with E-state index in [9.17, 15) is 4.79 Å². The molecule has 0 aliphatic rings. The molecule has 0 fully saturated rings. The number of nitrogens with zero attached hydrogens (tertiary/aromatic N) is 2. The summed E-state index contributed by atoms with van der Waals surface area (Å²) in [5.41, 5.74) is 3.25. The molecular weight excluding hydrogens is 284 g/mol. The fraction of sp³-hybridized carbons (Fsp3) is 0.133. The predicted octanol–water partition coefficient (Wildman–Crippen LogP) is 3.25. The van der Waals surface area contributed by atoms with Gasteiger partial charge in [0, 0.05) is 5.69 Å².